The molecule has 0 saturated heterocycles. The van der Waals surface area contributed by atoms with Crippen molar-refractivity contribution in [3.05, 3.63) is 30.3 Å². The highest BCUT2D eigenvalue weighted by atomic mass is 32.3. The highest BCUT2D eigenvalue weighted by Crippen LogP contribution is 2.45. The predicted octanol–water partition coefficient (Wildman–Crippen LogP) is 2.70. The lowest BCUT2D eigenvalue weighted by atomic mass is 9.82. The molecular formula is C12H15NOS. The summed E-state index contributed by atoms with van der Waals surface area (Å²) in [4.78, 5) is 0.944. The van der Waals surface area contributed by atoms with Gasteiger partial charge in [-0.25, -0.2) is 0 Å². The van der Waals surface area contributed by atoms with Crippen LogP contribution in [0.4, 0.5) is 0 Å². The SMILES string of the molecule is [O-][S+]1(c2ccccc2)=NCC[C@@H]2CC[C@@H]21. The Kier molecular flexibility index (Phi) is 2.18. The van der Waals surface area contributed by atoms with Gasteiger partial charge in [0.1, 0.15) is 10.1 Å². The molecule has 1 aromatic rings. The summed E-state index contributed by atoms with van der Waals surface area (Å²) in [6, 6.07) is 9.81. The second kappa shape index (κ2) is 3.42. The summed E-state index contributed by atoms with van der Waals surface area (Å²) in [5, 5.41) is 0.341. The lowest BCUT2D eigenvalue weighted by Gasteiger charge is -2.45. The summed E-state index contributed by atoms with van der Waals surface area (Å²) in [6.07, 6.45) is 3.50. The van der Waals surface area contributed by atoms with Crippen molar-refractivity contribution in [3.8, 4) is 0 Å². The van der Waals surface area contributed by atoms with E-state index in [1.807, 2.05) is 30.3 Å². The number of hydrogen-bond donors (Lipinski definition) is 0. The van der Waals surface area contributed by atoms with E-state index in [-0.39, 0.29) is 0 Å². The van der Waals surface area contributed by atoms with Crippen LogP contribution in [0.1, 0.15) is 19.3 Å². The van der Waals surface area contributed by atoms with Gasteiger partial charge in [0.2, 0.25) is 0 Å². The van der Waals surface area contributed by atoms with Crippen molar-refractivity contribution in [2.45, 2.75) is 29.4 Å². The molecule has 1 aliphatic heterocycles. The zero-order valence-electron chi connectivity index (χ0n) is 8.63. The molecule has 1 saturated carbocycles. The number of hydrogen-bond acceptors (Lipinski definition) is 2. The second-order valence-corrected chi connectivity index (χ2v) is 6.87. The molecule has 3 heteroatoms. The van der Waals surface area contributed by atoms with Gasteiger partial charge in [-0.3, -0.25) is 0 Å². The van der Waals surface area contributed by atoms with Crippen molar-refractivity contribution in [2.24, 2.45) is 10.3 Å². The molecule has 80 valence electrons. The number of fused-ring (bicyclic) bond motifs is 1. The van der Waals surface area contributed by atoms with Crippen molar-refractivity contribution in [2.75, 3.05) is 6.54 Å². The summed E-state index contributed by atoms with van der Waals surface area (Å²) in [6.45, 7) is 0.787. The zero-order valence-corrected chi connectivity index (χ0v) is 9.45. The van der Waals surface area contributed by atoms with E-state index in [9.17, 15) is 4.55 Å². The summed E-state index contributed by atoms with van der Waals surface area (Å²) in [7, 11) is -2.09. The average Bonchev–Trinajstić information content (AvgIpc) is 2.23. The predicted molar refractivity (Wildman–Crippen MR) is 61.3 cm³/mol. The van der Waals surface area contributed by atoms with E-state index in [4.69, 9.17) is 0 Å². The Morgan fingerprint density at radius 3 is 2.60 bits per heavy atom. The summed E-state index contributed by atoms with van der Waals surface area (Å²) in [5.41, 5.74) is 0. The van der Waals surface area contributed by atoms with Gasteiger partial charge in [0.15, 0.2) is 0 Å². The lowest BCUT2D eigenvalue weighted by Crippen LogP contribution is -2.45. The van der Waals surface area contributed by atoms with Gasteiger partial charge in [0, 0.05) is 5.92 Å². The molecular weight excluding hydrogens is 206 g/mol. The van der Waals surface area contributed by atoms with Crippen LogP contribution in [0.15, 0.2) is 39.6 Å². The molecule has 0 radical (unpaired) electrons. The molecule has 1 aromatic carbocycles. The maximum Gasteiger partial charge on any atom is 0.136 e. The summed E-state index contributed by atoms with van der Waals surface area (Å²) >= 11 is 0. The Balaban J connectivity index is 2.06. The van der Waals surface area contributed by atoms with Gasteiger partial charge in [0.05, 0.1) is 6.54 Å². The van der Waals surface area contributed by atoms with Crippen molar-refractivity contribution in [1.29, 1.82) is 0 Å². The molecule has 15 heavy (non-hydrogen) atoms. The van der Waals surface area contributed by atoms with Gasteiger partial charge in [-0.2, -0.15) is 0 Å². The van der Waals surface area contributed by atoms with Crippen LogP contribution < -0.4 is 0 Å². The van der Waals surface area contributed by atoms with Crippen LogP contribution in [0.2, 0.25) is 0 Å². The number of rotatable bonds is 1. The zero-order chi connectivity index (χ0) is 10.3. The molecule has 0 spiro atoms. The number of benzene rings is 1. The molecule has 1 heterocycles. The van der Waals surface area contributed by atoms with E-state index in [1.165, 1.54) is 6.42 Å². The highest BCUT2D eigenvalue weighted by Gasteiger charge is 2.45. The van der Waals surface area contributed by atoms with Gasteiger partial charge >= 0.3 is 0 Å². The molecule has 0 bridgehead atoms. The Morgan fingerprint density at radius 2 is 1.93 bits per heavy atom. The van der Waals surface area contributed by atoms with Crippen LogP contribution >= 0.6 is 0 Å². The minimum atomic E-state index is -2.09. The summed E-state index contributed by atoms with van der Waals surface area (Å²) in [5.74, 6) is 0.676. The van der Waals surface area contributed by atoms with Gasteiger partial charge in [-0.1, -0.05) is 18.2 Å². The second-order valence-electron chi connectivity index (χ2n) is 4.40. The average molecular weight is 221 g/mol. The first-order valence-corrected chi connectivity index (χ1v) is 7.15. The van der Waals surface area contributed by atoms with Crippen LogP contribution in [0.5, 0.6) is 0 Å². The monoisotopic (exact) mass is 221 g/mol. The Bertz CT molecular complexity index is 415. The van der Waals surface area contributed by atoms with Crippen LogP contribution in [0, 0.1) is 5.92 Å². The molecule has 2 nitrogen and oxygen atoms in total. The molecule has 0 amide bonds. The lowest BCUT2D eigenvalue weighted by molar-refractivity contribution is 0.288. The molecule has 2 aliphatic rings. The Labute approximate surface area is 91.6 Å². The molecule has 1 fully saturated rings. The maximum absolute atomic E-state index is 12.8. The minimum absolute atomic E-state index is 0.341. The van der Waals surface area contributed by atoms with Crippen molar-refractivity contribution < 1.29 is 4.55 Å². The normalized spacial score (nSPS) is 38.7. The largest absolute Gasteiger partial charge is 0.626 e. The third-order valence-electron chi connectivity index (χ3n) is 3.62. The number of nitrogens with zero attached hydrogens (tertiary/aromatic N) is 1. The first-order valence-electron chi connectivity index (χ1n) is 5.57. The third-order valence-corrected chi connectivity index (χ3v) is 6.58. The fourth-order valence-corrected chi connectivity index (χ4v) is 5.47. The Hall–Kier alpha value is -0.670. The first-order chi connectivity index (χ1) is 7.31. The quantitative estimate of drug-likeness (QED) is 0.671. The summed E-state index contributed by atoms with van der Waals surface area (Å²) < 4.78 is 17.3. The minimum Gasteiger partial charge on any atom is -0.626 e. The van der Waals surface area contributed by atoms with Crippen molar-refractivity contribution >= 4 is 10.1 Å². The standard InChI is InChI=1S/C12H15NOS/c14-15(11-4-2-1-3-5-11)12-7-6-10(12)8-9-13-15/h1-5,10,12H,6-9H2/t10-,12-,15?/m0/s1. The molecule has 1 unspecified atom stereocenters. The van der Waals surface area contributed by atoms with Crippen LogP contribution in [-0.4, -0.2) is 16.3 Å². The van der Waals surface area contributed by atoms with Gasteiger partial charge in [0.25, 0.3) is 0 Å². The van der Waals surface area contributed by atoms with E-state index < -0.39 is 10.1 Å². The molecule has 3 atom stereocenters. The molecule has 3 rings (SSSR count). The topological polar surface area (TPSA) is 35.4 Å². The van der Waals surface area contributed by atoms with E-state index in [0.717, 1.165) is 24.3 Å². The van der Waals surface area contributed by atoms with Crippen molar-refractivity contribution in [1.82, 2.24) is 0 Å². The highest BCUT2D eigenvalue weighted by molar-refractivity contribution is 8.00. The van der Waals surface area contributed by atoms with Crippen LogP contribution in [0.25, 0.3) is 0 Å². The van der Waals surface area contributed by atoms with E-state index >= 15 is 0 Å². The van der Waals surface area contributed by atoms with Crippen LogP contribution in [-0.2, 0) is 10.1 Å². The van der Waals surface area contributed by atoms with E-state index in [1.54, 1.807) is 0 Å². The third kappa shape index (κ3) is 1.37. The van der Waals surface area contributed by atoms with Gasteiger partial charge in [-0.15, -0.1) is 4.36 Å². The fourth-order valence-electron chi connectivity index (χ4n) is 2.60. The molecule has 0 N–H and O–H groups in total. The van der Waals surface area contributed by atoms with Crippen molar-refractivity contribution in [3.63, 3.8) is 0 Å². The Morgan fingerprint density at radius 1 is 1.13 bits per heavy atom. The maximum atomic E-state index is 12.8. The van der Waals surface area contributed by atoms with Crippen LogP contribution in [0.3, 0.4) is 0 Å². The van der Waals surface area contributed by atoms with E-state index in [2.05, 4.69) is 4.36 Å². The van der Waals surface area contributed by atoms with E-state index in [0.29, 0.717) is 11.2 Å². The molecule has 0 aromatic heterocycles. The fraction of sp³-hybridized carbons (Fsp3) is 0.500. The molecule has 1 aliphatic carbocycles. The first kappa shape index (κ1) is 9.55. The smallest absolute Gasteiger partial charge is 0.136 e. The van der Waals surface area contributed by atoms with Gasteiger partial charge in [-0.05, 0) is 41.5 Å². The van der Waals surface area contributed by atoms with Gasteiger partial charge < -0.3 is 4.55 Å².